The van der Waals surface area contributed by atoms with E-state index in [1.165, 1.54) is 0 Å². The Kier molecular flexibility index (Phi) is 4.09. The second kappa shape index (κ2) is 6.74. The normalized spacial score (nSPS) is 17.6. The lowest BCUT2D eigenvalue weighted by atomic mass is 10.1. The number of imidazole rings is 1. The van der Waals surface area contributed by atoms with Gasteiger partial charge in [-0.2, -0.15) is 0 Å². The lowest BCUT2D eigenvalue weighted by molar-refractivity contribution is 0.0903. The zero-order valence-electron chi connectivity index (χ0n) is 15.4. The Hall–Kier alpha value is -2.80. The van der Waals surface area contributed by atoms with Crippen molar-refractivity contribution < 1.29 is 9.47 Å². The van der Waals surface area contributed by atoms with Crippen LogP contribution in [0.15, 0.2) is 36.5 Å². The van der Waals surface area contributed by atoms with Crippen LogP contribution in [0, 0.1) is 0 Å². The van der Waals surface area contributed by atoms with Gasteiger partial charge < -0.3 is 19.7 Å². The second-order valence-electron chi connectivity index (χ2n) is 7.12. The van der Waals surface area contributed by atoms with Gasteiger partial charge in [0.2, 0.25) is 0 Å². The van der Waals surface area contributed by atoms with Crippen LogP contribution in [0.3, 0.4) is 0 Å². The van der Waals surface area contributed by atoms with Crippen molar-refractivity contribution in [3.63, 3.8) is 0 Å². The number of fused-ring (bicyclic) bond motifs is 2. The minimum absolute atomic E-state index is 0.408. The van der Waals surface area contributed by atoms with Gasteiger partial charge in [-0.05, 0) is 43.2 Å². The monoisotopic (exact) mass is 365 g/mol. The quantitative estimate of drug-likeness (QED) is 0.770. The molecule has 2 aliphatic heterocycles. The van der Waals surface area contributed by atoms with E-state index in [4.69, 9.17) is 14.6 Å². The summed E-state index contributed by atoms with van der Waals surface area (Å²) in [6.45, 7) is 3.23. The Morgan fingerprint density at radius 2 is 2.00 bits per heavy atom. The Morgan fingerprint density at radius 1 is 1.11 bits per heavy atom. The molecule has 2 aromatic heterocycles. The number of rotatable bonds is 3. The summed E-state index contributed by atoms with van der Waals surface area (Å²) in [6.07, 6.45) is 3.90. The molecule has 140 valence electrons. The van der Waals surface area contributed by atoms with Gasteiger partial charge in [-0.1, -0.05) is 0 Å². The minimum Gasteiger partial charge on any atom is -0.490 e. The Balaban J connectivity index is 1.50. The third kappa shape index (κ3) is 3.08. The number of ether oxygens (including phenoxy) is 2. The summed E-state index contributed by atoms with van der Waals surface area (Å²) in [5.74, 6) is 1.79. The van der Waals surface area contributed by atoms with Crippen LogP contribution >= 0.6 is 0 Å². The first-order valence-corrected chi connectivity index (χ1v) is 9.45. The van der Waals surface area contributed by atoms with E-state index in [1.807, 2.05) is 28.9 Å². The SMILES string of the molecule is CN1CCOc2ccc(-c3cnc4ccc(NC5CCOCC5)nn34)cc21. The van der Waals surface area contributed by atoms with Gasteiger partial charge in [0.15, 0.2) is 5.65 Å². The lowest BCUT2D eigenvalue weighted by Gasteiger charge is -2.28. The third-order valence-electron chi connectivity index (χ3n) is 5.29. The van der Waals surface area contributed by atoms with Crippen molar-refractivity contribution >= 4 is 17.2 Å². The fraction of sp³-hybridized carbons (Fsp3) is 0.400. The van der Waals surface area contributed by atoms with Gasteiger partial charge in [0.1, 0.15) is 18.2 Å². The van der Waals surface area contributed by atoms with E-state index in [0.29, 0.717) is 6.04 Å². The molecule has 2 aliphatic rings. The van der Waals surface area contributed by atoms with Gasteiger partial charge in [0.05, 0.1) is 24.1 Å². The Labute approximate surface area is 157 Å². The minimum atomic E-state index is 0.408. The molecule has 7 nitrogen and oxygen atoms in total. The number of aromatic nitrogens is 3. The molecule has 0 unspecified atom stereocenters. The molecule has 3 aromatic rings. The highest BCUT2D eigenvalue weighted by Crippen LogP contribution is 2.35. The first kappa shape index (κ1) is 16.4. The van der Waals surface area contributed by atoms with E-state index < -0.39 is 0 Å². The summed E-state index contributed by atoms with van der Waals surface area (Å²) in [5, 5.41) is 8.32. The molecule has 1 saturated heterocycles. The summed E-state index contributed by atoms with van der Waals surface area (Å²) in [7, 11) is 2.09. The van der Waals surface area contributed by atoms with Gasteiger partial charge in [0, 0.05) is 31.9 Å². The van der Waals surface area contributed by atoms with Crippen LogP contribution in [0.25, 0.3) is 16.9 Å². The number of nitrogens with one attached hydrogen (secondary N) is 1. The number of anilines is 2. The maximum atomic E-state index is 5.76. The first-order valence-electron chi connectivity index (χ1n) is 9.45. The third-order valence-corrected chi connectivity index (χ3v) is 5.29. The maximum Gasteiger partial charge on any atom is 0.154 e. The molecule has 0 saturated carbocycles. The summed E-state index contributed by atoms with van der Waals surface area (Å²) in [6, 6.07) is 10.7. The van der Waals surface area contributed by atoms with Crippen molar-refractivity contribution in [3.8, 4) is 17.0 Å². The molecule has 27 heavy (non-hydrogen) atoms. The second-order valence-corrected chi connectivity index (χ2v) is 7.12. The van der Waals surface area contributed by atoms with E-state index >= 15 is 0 Å². The number of nitrogens with zero attached hydrogens (tertiary/aromatic N) is 4. The van der Waals surface area contributed by atoms with E-state index in [2.05, 4.69) is 34.4 Å². The van der Waals surface area contributed by atoms with Gasteiger partial charge in [0.25, 0.3) is 0 Å². The van der Waals surface area contributed by atoms with Crippen molar-refractivity contribution in [3.05, 3.63) is 36.5 Å². The summed E-state index contributed by atoms with van der Waals surface area (Å²) < 4.78 is 13.1. The van der Waals surface area contributed by atoms with Crippen LogP contribution in [0.2, 0.25) is 0 Å². The van der Waals surface area contributed by atoms with Crippen molar-refractivity contribution in [1.29, 1.82) is 0 Å². The maximum absolute atomic E-state index is 5.76. The molecule has 0 radical (unpaired) electrons. The molecule has 1 N–H and O–H groups in total. The van der Waals surface area contributed by atoms with Crippen molar-refractivity contribution in [1.82, 2.24) is 14.6 Å². The molecule has 0 spiro atoms. The molecule has 5 rings (SSSR count). The zero-order chi connectivity index (χ0) is 18.2. The molecule has 1 aromatic carbocycles. The standard InChI is InChI=1S/C20H23N5O2/c1-24-8-11-27-18-3-2-14(12-16(18)24)17-13-21-20-5-4-19(23-25(17)20)22-15-6-9-26-10-7-15/h2-5,12-13,15H,6-11H2,1H3,(H,22,23). The topological polar surface area (TPSA) is 63.9 Å². The van der Waals surface area contributed by atoms with E-state index in [1.54, 1.807) is 0 Å². The van der Waals surface area contributed by atoms with Crippen molar-refractivity contribution in [2.75, 3.05) is 43.6 Å². The van der Waals surface area contributed by atoms with Crippen molar-refractivity contribution in [2.45, 2.75) is 18.9 Å². The molecule has 0 aliphatic carbocycles. The van der Waals surface area contributed by atoms with E-state index in [9.17, 15) is 0 Å². The highest BCUT2D eigenvalue weighted by molar-refractivity contribution is 5.72. The first-order chi connectivity index (χ1) is 13.3. The van der Waals surface area contributed by atoms with E-state index in [-0.39, 0.29) is 0 Å². The highest BCUT2D eigenvalue weighted by atomic mass is 16.5. The molecule has 4 heterocycles. The van der Waals surface area contributed by atoms with Gasteiger partial charge in [-0.15, -0.1) is 5.10 Å². The Morgan fingerprint density at radius 3 is 2.89 bits per heavy atom. The number of benzene rings is 1. The molecule has 1 fully saturated rings. The van der Waals surface area contributed by atoms with Gasteiger partial charge >= 0.3 is 0 Å². The summed E-state index contributed by atoms with van der Waals surface area (Å²) in [5.41, 5.74) is 3.99. The molecular weight excluding hydrogens is 342 g/mol. The number of likely N-dealkylation sites (N-methyl/N-ethyl adjacent to an activating group) is 1. The van der Waals surface area contributed by atoms with Crippen molar-refractivity contribution in [2.24, 2.45) is 0 Å². The van der Waals surface area contributed by atoms with E-state index in [0.717, 1.165) is 73.4 Å². The van der Waals surface area contributed by atoms with Crippen LogP contribution in [-0.2, 0) is 4.74 Å². The highest BCUT2D eigenvalue weighted by Gasteiger charge is 2.18. The van der Waals surface area contributed by atoms with Gasteiger partial charge in [-0.25, -0.2) is 9.50 Å². The van der Waals surface area contributed by atoms with Crippen LogP contribution in [0.5, 0.6) is 5.75 Å². The van der Waals surface area contributed by atoms with Crippen LogP contribution in [0.1, 0.15) is 12.8 Å². The fourth-order valence-electron chi connectivity index (χ4n) is 3.71. The number of hydrogen-bond acceptors (Lipinski definition) is 6. The largest absolute Gasteiger partial charge is 0.490 e. The van der Waals surface area contributed by atoms with Crippen LogP contribution in [-0.4, -0.2) is 54.1 Å². The molecule has 0 atom stereocenters. The molecule has 7 heteroatoms. The fourth-order valence-corrected chi connectivity index (χ4v) is 3.71. The predicted octanol–water partition coefficient (Wildman–Crippen LogP) is 2.82. The zero-order valence-corrected chi connectivity index (χ0v) is 15.4. The average molecular weight is 365 g/mol. The van der Waals surface area contributed by atoms with Gasteiger partial charge in [-0.3, -0.25) is 0 Å². The summed E-state index contributed by atoms with van der Waals surface area (Å²) in [4.78, 5) is 6.74. The predicted molar refractivity (Wildman–Crippen MR) is 105 cm³/mol. The number of hydrogen-bond donors (Lipinski definition) is 1. The van der Waals surface area contributed by atoms with Crippen LogP contribution in [0.4, 0.5) is 11.5 Å². The molecular formula is C20H23N5O2. The smallest absolute Gasteiger partial charge is 0.154 e. The van der Waals surface area contributed by atoms with Crippen LogP contribution < -0.4 is 15.0 Å². The molecule has 0 amide bonds. The average Bonchev–Trinajstić information content (AvgIpc) is 3.12. The lowest BCUT2D eigenvalue weighted by Crippen LogP contribution is -2.28. The molecule has 0 bridgehead atoms. The Bertz CT molecular complexity index is 964. The summed E-state index contributed by atoms with van der Waals surface area (Å²) >= 11 is 0.